The summed E-state index contributed by atoms with van der Waals surface area (Å²) in [4.78, 5) is 16.3. The first-order valence-electron chi connectivity index (χ1n) is 9.37. The summed E-state index contributed by atoms with van der Waals surface area (Å²) >= 11 is 0. The van der Waals surface area contributed by atoms with Crippen molar-refractivity contribution in [3.8, 4) is 11.5 Å². The number of carbonyl (C=O) groups is 1. The fraction of sp³-hybridized carbons (Fsp3) is 0.368. The Kier molecular flexibility index (Phi) is 5.54. The quantitative estimate of drug-likeness (QED) is 0.769. The van der Waals surface area contributed by atoms with Crippen molar-refractivity contribution in [1.29, 1.82) is 0 Å². The number of hydrogen-bond donors (Lipinski definition) is 2. The Labute approximate surface area is 169 Å². The molecule has 0 atom stereocenters. The summed E-state index contributed by atoms with van der Waals surface area (Å²) in [5.41, 5.74) is 0.615. The first kappa shape index (κ1) is 19.5. The lowest BCUT2D eigenvalue weighted by molar-refractivity contribution is 0.174. The lowest BCUT2D eigenvalue weighted by atomic mass is 9.98. The summed E-state index contributed by atoms with van der Waals surface area (Å²) in [6, 6.07) is 8.06. The number of nitrogens with one attached hydrogen (secondary N) is 2. The minimum absolute atomic E-state index is 0.181. The molecule has 4 rings (SSSR count). The molecule has 154 valence electrons. The van der Waals surface area contributed by atoms with E-state index >= 15 is 0 Å². The Bertz CT molecular complexity index is 975. The van der Waals surface area contributed by atoms with Gasteiger partial charge in [0.2, 0.25) is 16.8 Å². The van der Waals surface area contributed by atoms with E-state index in [4.69, 9.17) is 9.47 Å². The Balaban J connectivity index is 1.24. The second-order valence-corrected chi connectivity index (χ2v) is 8.88. The molecule has 1 saturated heterocycles. The number of anilines is 1. The molecule has 2 N–H and O–H groups in total. The Hall–Kier alpha value is -2.85. The largest absolute Gasteiger partial charge is 0.454 e. The molecule has 0 bridgehead atoms. The highest BCUT2D eigenvalue weighted by Gasteiger charge is 2.29. The van der Waals surface area contributed by atoms with Crippen LogP contribution in [0.25, 0.3) is 0 Å². The number of aromatic nitrogens is 1. The number of nitrogens with zero attached hydrogens (tertiary/aromatic N) is 2. The zero-order chi connectivity index (χ0) is 20.3. The normalized spacial score (nSPS) is 17.1. The number of rotatable bonds is 5. The molecule has 0 saturated carbocycles. The molecule has 1 aromatic heterocycles. The number of ether oxygens (including phenoxy) is 2. The number of carbonyl (C=O) groups excluding carboxylic acids is 1. The number of amides is 2. The molecule has 2 aromatic rings. The second kappa shape index (κ2) is 8.26. The van der Waals surface area contributed by atoms with Crippen molar-refractivity contribution in [3.63, 3.8) is 0 Å². The van der Waals surface area contributed by atoms with Gasteiger partial charge in [0.15, 0.2) is 11.5 Å². The lowest BCUT2D eigenvalue weighted by Crippen LogP contribution is -2.42. The van der Waals surface area contributed by atoms with Gasteiger partial charge in [-0.25, -0.2) is 13.2 Å². The maximum absolute atomic E-state index is 12.6. The first-order chi connectivity index (χ1) is 14.0. The van der Waals surface area contributed by atoms with Crippen LogP contribution in [0, 0.1) is 5.92 Å². The number of pyridine rings is 1. The molecular weight excluding hydrogens is 396 g/mol. The van der Waals surface area contributed by atoms with Crippen LogP contribution in [0.1, 0.15) is 12.8 Å². The molecule has 2 aliphatic rings. The molecule has 3 heterocycles. The molecule has 1 fully saturated rings. The topological polar surface area (TPSA) is 110 Å². The van der Waals surface area contributed by atoms with Gasteiger partial charge in [0.05, 0.1) is 0 Å². The smallest absolute Gasteiger partial charge is 0.319 e. The van der Waals surface area contributed by atoms with Gasteiger partial charge in [-0.3, -0.25) is 4.98 Å². The fourth-order valence-electron chi connectivity index (χ4n) is 3.39. The van der Waals surface area contributed by atoms with Crippen LogP contribution < -0.4 is 20.1 Å². The number of hydrogen-bond acceptors (Lipinski definition) is 6. The van der Waals surface area contributed by atoms with E-state index in [9.17, 15) is 13.2 Å². The third-order valence-electron chi connectivity index (χ3n) is 5.03. The molecule has 29 heavy (non-hydrogen) atoms. The van der Waals surface area contributed by atoms with Gasteiger partial charge in [0, 0.05) is 43.8 Å². The molecule has 2 aliphatic heterocycles. The van der Waals surface area contributed by atoms with Crippen LogP contribution in [-0.4, -0.2) is 50.2 Å². The van der Waals surface area contributed by atoms with Gasteiger partial charge in [-0.15, -0.1) is 0 Å². The zero-order valence-corrected chi connectivity index (χ0v) is 16.5. The standard InChI is InChI=1S/C19H22N4O5S/c24-19(22-15-3-4-17-18(10-15)28-13-27-17)21-11-14-5-8-23(9-6-14)29(25,26)16-2-1-7-20-12-16/h1-4,7,10,12,14H,5-6,8-9,11,13H2,(H2,21,22,24). The van der Waals surface area contributed by atoms with Crippen LogP contribution in [0.15, 0.2) is 47.6 Å². The predicted molar refractivity (Wildman–Crippen MR) is 105 cm³/mol. The Morgan fingerprint density at radius 1 is 1.17 bits per heavy atom. The van der Waals surface area contributed by atoms with Crippen LogP contribution in [0.5, 0.6) is 11.5 Å². The van der Waals surface area contributed by atoms with Gasteiger partial charge in [0.25, 0.3) is 0 Å². The summed E-state index contributed by atoms with van der Waals surface area (Å²) in [6.07, 6.45) is 4.28. The number of sulfonamides is 1. The Morgan fingerprint density at radius 3 is 2.72 bits per heavy atom. The Morgan fingerprint density at radius 2 is 1.97 bits per heavy atom. The van der Waals surface area contributed by atoms with Crippen molar-refractivity contribution in [1.82, 2.24) is 14.6 Å². The third kappa shape index (κ3) is 4.43. The van der Waals surface area contributed by atoms with Crippen molar-refractivity contribution in [2.75, 3.05) is 31.7 Å². The van der Waals surface area contributed by atoms with Gasteiger partial charge in [-0.1, -0.05) is 0 Å². The van der Waals surface area contributed by atoms with Gasteiger partial charge in [-0.2, -0.15) is 4.31 Å². The van der Waals surface area contributed by atoms with Crippen molar-refractivity contribution in [3.05, 3.63) is 42.7 Å². The summed E-state index contributed by atoms with van der Waals surface area (Å²) in [7, 11) is -3.51. The summed E-state index contributed by atoms with van der Waals surface area (Å²) in [6.45, 7) is 1.51. The van der Waals surface area contributed by atoms with Crippen LogP contribution in [0.4, 0.5) is 10.5 Å². The summed E-state index contributed by atoms with van der Waals surface area (Å²) < 4.78 is 37.3. The SMILES string of the molecule is O=C(NCC1CCN(S(=O)(=O)c2cccnc2)CC1)Nc1ccc2c(c1)OCO2. The number of piperidine rings is 1. The van der Waals surface area contributed by atoms with Gasteiger partial charge < -0.3 is 20.1 Å². The third-order valence-corrected chi connectivity index (χ3v) is 6.91. The molecule has 0 radical (unpaired) electrons. The summed E-state index contributed by atoms with van der Waals surface area (Å²) in [5.74, 6) is 1.48. The molecule has 0 aliphatic carbocycles. The maximum Gasteiger partial charge on any atom is 0.319 e. The highest BCUT2D eigenvalue weighted by molar-refractivity contribution is 7.89. The summed E-state index contributed by atoms with van der Waals surface area (Å²) in [5, 5.41) is 5.62. The average Bonchev–Trinajstić information content (AvgIpc) is 3.21. The average molecular weight is 418 g/mol. The van der Waals surface area contributed by atoms with E-state index in [1.165, 1.54) is 10.5 Å². The second-order valence-electron chi connectivity index (χ2n) is 6.94. The lowest BCUT2D eigenvalue weighted by Gasteiger charge is -2.31. The molecule has 1 aromatic carbocycles. The highest BCUT2D eigenvalue weighted by Crippen LogP contribution is 2.34. The molecule has 9 nitrogen and oxygen atoms in total. The maximum atomic E-state index is 12.6. The van der Waals surface area contributed by atoms with E-state index in [1.807, 2.05) is 0 Å². The van der Waals surface area contributed by atoms with Crippen LogP contribution >= 0.6 is 0 Å². The van der Waals surface area contributed by atoms with E-state index in [1.54, 1.807) is 36.5 Å². The van der Waals surface area contributed by atoms with E-state index < -0.39 is 10.0 Å². The van der Waals surface area contributed by atoms with Crippen molar-refractivity contribution < 1.29 is 22.7 Å². The monoisotopic (exact) mass is 418 g/mol. The predicted octanol–water partition coefficient (Wildman–Crippen LogP) is 2.03. The number of benzene rings is 1. The van der Waals surface area contributed by atoms with Crippen LogP contribution in [0.2, 0.25) is 0 Å². The van der Waals surface area contributed by atoms with Gasteiger partial charge >= 0.3 is 6.03 Å². The minimum atomic E-state index is -3.51. The molecule has 0 spiro atoms. The van der Waals surface area contributed by atoms with Crippen molar-refractivity contribution in [2.45, 2.75) is 17.7 Å². The molecule has 2 amide bonds. The highest BCUT2D eigenvalue weighted by atomic mass is 32.2. The number of urea groups is 1. The van der Waals surface area contributed by atoms with Gasteiger partial charge in [0.1, 0.15) is 4.90 Å². The van der Waals surface area contributed by atoms with E-state index in [0.717, 1.165) is 0 Å². The zero-order valence-electron chi connectivity index (χ0n) is 15.7. The van der Waals surface area contributed by atoms with Crippen LogP contribution in [0.3, 0.4) is 0 Å². The van der Waals surface area contributed by atoms with Crippen molar-refractivity contribution in [2.24, 2.45) is 5.92 Å². The molecule has 0 unspecified atom stereocenters. The first-order valence-corrected chi connectivity index (χ1v) is 10.8. The van der Waals surface area contributed by atoms with E-state index in [-0.39, 0.29) is 23.6 Å². The van der Waals surface area contributed by atoms with E-state index in [2.05, 4.69) is 15.6 Å². The molecular formula is C19H22N4O5S. The fourth-order valence-corrected chi connectivity index (χ4v) is 4.82. The van der Waals surface area contributed by atoms with Gasteiger partial charge in [-0.05, 0) is 43.0 Å². The molecule has 10 heteroatoms. The van der Waals surface area contributed by atoms with Crippen molar-refractivity contribution >= 4 is 21.7 Å². The van der Waals surface area contributed by atoms with Crippen LogP contribution in [-0.2, 0) is 10.0 Å². The minimum Gasteiger partial charge on any atom is -0.454 e. The van der Waals surface area contributed by atoms with E-state index in [0.29, 0.717) is 49.7 Å². The number of fused-ring (bicyclic) bond motifs is 1.